The molecule has 1 aromatic heterocycles. The van der Waals surface area contributed by atoms with E-state index in [0.29, 0.717) is 40.9 Å². The van der Waals surface area contributed by atoms with Gasteiger partial charge < -0.3 is 15.7 Å². The van der Waals surface area contributed by atoms with Crippen molar-refractivity contribution in [2.75, 3.05) is 10.6 Å². The van der Waals surface area contributed by atoms with Crippen molar-refractivity contribution in [3.63, 3.8) is 0 Å². The van der Waals surface area contributed by atoms with Gasteiger partial charge in [0, 0.05) is 24.3 Å². The van der Waals surface area contributed by atoms with Gasteiger partial charge in [0.1, 0.15) is 11.4 Å². The highest BCUT2D eigenvalue weighted by molar-refractivity contribution is 6.42. The number of anilines is 3. The van der Waals surface area contributed by atoms with Gasteiger partial charge in [-0.25, -0.2) is 4.98 Å². The van der Waals surface area contributed by atoms with Gasteiger partial charge in [-0.2, -0.15) is 18.2 Å². The van der Waals surface area contributed by atoms with Crippen LogP contribution >= 0.6 is 23.2 Å². The van der Waals surface area contributed by atoms with E-state index in [0.717, 1.165) is 25.5 Å². The number of hydrogen-bond acceptors (Lipinski definition) is 5. The van der Waals surface area contributed by atoms with E-state index in [4.69, 9.17) is 28.3 Å². The summed E-state index contributed by atoms with van der Waals surface area (Å²) in [6.45, 7) is 0. The molecule has 11 heteroatoms. The third-order valence-electron chi connectivity index (χ3n) is 5.46. The number of nitrogens with zero attached hydrogens (tertiary/aromatic N) is 2. The van der Waals surface area contributed by atoms with E-state index in [1.807, 2.05) is 0 Å². The quantitative estimate of drug-likeness (QED) is 0.378. The Morgan fingerprint density at radius 3 is 2.50 bits per heavy atom. The number of aromatic nitrogens is 2. The van der Waals surface area contributed by atoms with Crippen LogP contribution in [0.5, 0.6) is 0 Å². The molecule has 1 aliphatic rings. The summed E-state index contributed by atoms with van der Waals surface area (Å²) in [6, 6.07) is 4.56. The van der Waals surface area contributed by atoms with Crippen molar-refractivity contribution in [2.45, 2.75) is 57.2 Å². The molecule has 0 radical (unpaired) electrons. The van der Waals surface area contributed by atoms with Gasteiger partial charge in [0.2, 0.25) is 5.95 Å². The molecule has 1 aliphatic carbocycles. The summed E-state index contributed by atoms with van der Waals surface area (Å²) in [6.07, 6.45) is 0.775. The van der Waals surface area contributed by atoms with Gasteiger partial charge in [0.15, 0.2) is 0 Å². The summed E-state index contributed by atoms with van der Waals surface area (Å²) in [4.78, 5) is 18.5. The lowest BCUT2D eigenvalue weighted by Gasteiger charge is -2.30. The smallest absolute Gasteiger partial charge is 0.421 e. The SMILES string of the molecule is O=C(O)CCCC1CCC(Nc2nc(Nc3ccc(Cl)c(Cl)c3)ncc2C(F)(F)F)CC1. The van der Waals surface area contributed by atoms with Crippen LogP contribution < -0.4 is 10.6 Å². The molecule has 3 N–H and O–H groups in total. The summed E-state index contributed by atoms with van der Waals surface area (Å²) in [5.41, 5.74) is -0.437. The van der Waals surface area contributed by atoms with Crippen LogP contribution in [0.25, 0.3) is 0 Å². The van der Waals surface area contributed by atoms with Gasteiger partial charge in [0.05, 0.1) is 10.0 Å². The van der Waals surface area contributed by atoms with Crippen molar-refractivity contribution in [3.8, 4) is 0 Å². The van der Waals surface area contributed by atoms with E-state index in [9.17, 15) is 18.0 Å². The zero-order valence-electron chi connectivity index (χ0n) is 17.1. The second kappa shape index (κ2) is 10.6. The largest absolute Gasteiger partial charge is 0.481 e. The number of halogens is 5. The zero-order chi connectivity index (χ0) is 23.3. The number of rotatable bonds is 8. The third-order valence-corrected chi connectivity index (χ3v) is 6.20. The van der Waals surface area contributed by atoms with Crippen LogP contribution in [0.4, 0.5) is 30.6 Å². The first kappa shape index (κ1) is 24.4. The number of hydrogen-bond donors (Lipinski definition) is 3. The van der Waals surface area contributed by atoms with E-state index < -0.39 is 17.7 Å². The van der Waals surface area contributed by atoms with Crippen LogP contribution in [-0.4, -0.2) is 27.1 Å². The maximum atomic E-state index is 13.5. The highest BCUT2D eigenvalue weighted by atomic mass is 35.5. The van der Waals surface area contributed by atoms with Crippen molar-refractivity contribution < 1.29 is 23.1 Å². The number of alkyl halides is 3. The predicted molar refractivity (Wildman–Crippen MR) is 118 cm³/mol. The number of nitrogens with one attached hydrogen (secondary N) is 2. The molecule has 174 valence electrons. The molecule has 0 bridgehead atoms. The fraction of sp³-hybridized carbons (Fsp3) is 0.476. The minimum Gasteiger partial charge on any atom is -0.481 e. The fourth-order valence-corrected chi connectivity index (χ4v) is 4.09. The Balaban J connectivity index is 1.68. The van der Waals surface area contributed by atoms with Crippen molar-refractivity contribution >= 4 is 46.6 Å². The molecule has 0 unspecified atom stereocenters. The molecule has 32 heavy (non-hydrogen) atoms. The molecule has 0 amide bonds. The topological polar surface area (TPSA) is 87.1 Å². The molecule has 0 atom stereocenters. The fourth-order valence-electron chi connectivity index (χ4n) is 3.79. The van der Waals surface area contributed by atoms with Crippen molar-refractivity contribution in [1.29, 1.82) is 0 Å². The summed E-state index contributed by atoms with van der Waals surface area (Å²) in [5.74, 6) is -0.688. The molecule has 1 fully saturated rings. The van der Waals surface area contributed by atoms with E-state index >= 15 is 0 Å². The van der Waals surface area contributed by atoms with E-state index in [1.165, 1.54) is 6.07 Å². The molecular formula is C21H23Cl2F3N4O2. The van der Waals surface area contributed by atoms with Gasteiger partial charge in [-0.05, 0) is 62.6 Å². The Hall–Kier alpha value is -2.26. The monoisotopic (exact) mass is 490 g/mol. The predicted octanol–water partition coefficient (Wildman–Crippen LogP) is 6.77. The molecular weight excluding hydrogens is 468 g/mol. The number of benzene rings is 1. The average molecular weight is 491 g/mol. The molecule has 1 aromatic carbocycles. The van der Waals surface area contributed by atoms with Crippen molar-refractivity contribution in [1.82, 2.24) is 9.97 Å². The van der Waals surface area contributed by atoms with Gasteiger partial charge in [0.25, 0.3) is 0 Å². The lowest BCUT2D eigenvalue weighted by atomic mass is 9.83. The first-order valence-electron chi connectivity index (χ1n) is 10.3. The van der Waals surface area contributed by atoms with E-state index in [2.05, 4.69) is 20.6 Å². The maximum absolute atomic E-state index is 13.5. The van der Waals surface area contributed by atoms with E-state index in [-0.39, 0.29) is 24.2 Å². The average Bonchev–Trinajstić information content (AvgIpc) is 2.71. The Morgan fingerprint density at radius 1 is 1.16 bits per heavy atom. The number of carboxylic acid groups (broad SMARTS) is 1. The highest BCUT2D eigenvalue weighted by Gasteiger charge is 2.36. The molecule has 1 heterocycles. The van der Waals surface area contributed by atoms with Crippen molar-refractivity contribution in [3.05, 3.63) is 40.0 Å². The molecule has 1 saturated carbocycles. The van der Waals surface area contributed by atoms with Crippen LogP contribution in [0, 0.1) is 5.92 Å². The second-order valence-corrected chi connectivity index (χ2v) is 8.67. The normalized spacial score (nSPS) is 18.9. The van der Waals surface area contributed by atoms with Crippen LogP contribution in [0.15, 0.2) is 24.4 Å². The van der Waals surface area contributed by atoms with Crippen LogP contribution in [0.2, 0.25) is 10.0 Å². The van der Waals surface area contributed by atoms with E-state index in [1.54, 1.807) is 12.1 Å². The van der Waals surface area contributed by atoms with Crippen LogP contribution in [0.3, 0.4) is 0 Å². The molecule has 2 aromatic rings. The van der Waals surface area contributed by atoms with Gasteiger partial charge in [-0.15, -0.1) is 0 Å². The molecule has 6 nitrogen and oxygen atoms in total. The maximum Gasteiger partial charge on any atom is 0.421 e. The Morgan fingerprint density at radius 2 is 1.88 bits per heavy atom. The van der Waals surface area contributed by atoms with Crippen molar-refractivity contribution in [2.24, 2.45) is 5.92 Å². The standard InChI is InChI=1S/C21H23Cl2F3N4O2/c22-16-9-8-14(10-17(16)23)29-20-27-11-15(21(24,25)26)19(30-20)28-13-6-4-12(5-7-13)2-1-3-18(31)32/h8-13H,1-7H2,(H,31,32)(H2,27,28,29,30). The Bertz CT molecular complexity index is 951. The summed E-state index contributed by atoms with van der Waals surface area (Å²) < 4.78 is 40.5. The second-order valence-electron chi connectivity index (χ2n) is 7.86. The summed E-state index contributed by atoms with van der Waals surface area (Å²) in [5, 5.41) is 15.2. The zero-order valence-corrected chi connectivity index (χ0v) is 18.6. The lowest BCUT2D eigenvalue weighted by Crippen LogP contribution is -2.28. The molecule has 0 saturated heterocycles. The van der Waals surface area contributed by atoms with Crippen LogP contribution in [0.1, 0.15) is 50.5 Å². The molecule has 3 rings (SSSR count). The first-order valence-corrected chi connectivity index (χ1v) is 11.0. The van der Waals surface area contributed by atoms with Gasteiger partial charge in [-0.3, -0.25) is 4.79 Å². The van der Waals surface area contributed by atoms with Gasteiger partial charge in [-0.1, -0.05) is 23.2 Å². The molecule has 0 spiro atoms. The minimum atomic E-state index is -4.60. The minimum absolute atomic E-state index is 0.00115. The highest BCUT2D eigenvalue weighted by Crippen LogP contribution is 2.36. The third kappa shape index (κ3) is 6.87. The summed E-state index contributed by atoms with van der Waals surface area (Å²) in [7, 11) is 0. The molecule has 0 aliphatic heterocycles. The first-order chi connectivity index (χ1) is 15.1. The number of aliphatic carboxylic acids is 1. The lowest BCUT2D eigenvalue weighted by molar-refractivity contribution is -0.138. The summed E-state index contributed by atoms with van der Waals surface area (Å²) >= 11 is 11.9. The Labute approximate surface area is 193 Å². The van der Waals surface area contributed by atoms with Gasteiger partial charge >= 0.3 is 12.1 Å². The number of carbonyl (C=O) groups is 1. The Kier molecular flexibility index (Phi) is 8.05. The van der Waals surface area contributed by atoms with Crippen LogP contribution in [-0.2, 0) is 11.0 Å². The number of carboxylic acids is 1.